The average molecular weight is 247 g/mol. The van der Waals surface area contributed by atoms with E-state index in [1.165, 1.54) is 22.9 Å². The van der Waals surface area contributed by atoms with Crippen molar-refractivity contribution in [2.45, 2.75) is 6.54 Å². The van der Waals surface area contributed by atoms with Gasteiger partial charge in [0, 0.05) is 24.0 Å². The molecule has 0 bridgehead atoms. The van der Waals surface area contributed by atoms with Crippen molar-refractivity contribution in [2.24, 2.45) is 0 Å². The lowest BCUT2D eigenvalue weighted by atomic mass is 10.4. The molecule has 0 saturated carbocycles. The number of halogens is 1. The number of hydrogen-bond donors (Lipinski definition) is 0. The Kier molecular flexibility index (Phi) is 3.18. The quantitative estimate of drug-likeness (QED) is 0.457. The standard InChI is InChI=1S/C7H7BrN2O3/c8-3-4-9-5-6(10(12)13)1-2-7(9)11/h1-2,5H,3-4H2. The lowest BCUT2D eigenvalue weighted by molar-refractivity contribution is -0.385. The fraction of sp³-hybridized carbons (Fsp3) is 0.286. The molecule has 0 saturated heterocycles. The number of alkyl halides is 1. The molecule has 0 unspecified atom stereocenters. The highest BCUT2D eigenvalue weighted by molar-refractivity contribution is 9.09. The molecule has 5 nitrogen and oxygen atoms in total. The third-order valence-corrected chi connectivity index (χ3v) is 1.86. The van der Waals surface area contributed by atoms with E-state index >= 15 is 0 Å². The molecule has 1 aromatic rings. The van der Waals surface area contributed by atoms with E-state index in [-0.39, 0.29) is 11.2 Å². The Bertz CT molecular complexity index is 374. The Morgan fingerprint density at radius 3 is 2.77 bits per heavy atom. The van der Waals surface area contributed by atoms with Gasteiger partial charge >= 0.3 is 0 Å². The molecule has 13 heavy (non-hydrogen) atoms. The van der Waals surface area contributed by atoms with Crippen LogP contribution < -0.4 is 5.56 Å². The summed E-state index contributed by atoms with van der Waals surface area (Å²) in [6.07, 6.45) is 1.24. The smallest absolute Gasteiger partial charge is 0.285 e. The lowest BCUT2D eigenvalue weighted by Gasteiger charge is -2.00. The molecule has 0 atom stereocenters. The molecular formula is C7H7BrN2O3. The van der Waals surface area contributed by atoms with Crippen LogP contribution in [0.5, 0.6) is 0 Å². The Morgan fingerprint density at radius 1 is 1.54 bits per heavy atom. The molecule has 0 radical (unpaired) electrons. The van der Waals surface area contributed by atoms with Crippen molar-refractivity contribution in [2.75, 3.05) is 5.33 Å². The van der Waals surface area contributed by atoms with E-state index in [4.69, 9.17) is 0 Å². The Morgan fingerprint density at radius 2 is 2.23 bits per heavy atom. The minimum atomic E-state index is -0.524. The van der Waals surface area contributed by atoms with Gasteiger partial charge in [0.15, 0.2) is 0 Å². The second-order valence-corrected chi connectivity index (χ2v) is 3.16. The van der Waals surface area contributed by atoms with Crippen molar-refractivity contribution in [1.82, 2.24) is 4.57 Å². The second-order valence-electron chi connectivity index (χ2n) is 2.37. The number of pyridine rings is 1. The predicted octanol–water partition coefficient (Wildman–Crippen LogP) is 1.15. The molecule has 0 aliphatic rings. The maximum atomic E-state index is 11.1. The van der Waals surface area contributed by atoms with Gasteiger partial charge in [-0.3, -0.25) is 14.9 Å². The van der Waals surface area contributed by atoms with Gasteiger partial charge in [0.2, 0.25) is 0 Å². The van der Waals surface area contributed by atoms with Crippen LogP contribution in [-0.2, 0) is 6.54 Å². The van der Waals surface area contributed by atoms with Crippen molar-refractivity contribution < 1.29 is 4.92 Å². The summed E-state index contributed by atoms with van der Waals surface area (Å²) in [5.41, 5.74) is -0.300. The van der Waals surface area contributed by atoms with E-state index in [0.717, 1.165) is 0 Å². The fourth-order valence-electron chi connectivity index (χ4n) is 0.893. The summed E-state index contributed by atoms with van der Waals surface area (Å²) < 4.78 is 1.30. The van der Waals surface area contributed by atoms with E-state index in [2.05, 4.69) is 15.9 Å². The molecule has 70 valence electrons. The summed E-state index contributed by atoms with van der Waals surface area (Å²) in [6, 6.07) is 2.40. The van der Waals surface area contributed by atoms with E-state index < -0.39 is 4.92 Å². The monoisotopic (exact) mass is 246 g/mol. The van der Waals surface area contributed by atoms with Crippen LogP contribution in [0.3, 0.4) is 0 Å². The second kappa shape index (κ2) is 4.18. The van der Waals surface area contributed by atoms with Gasteiger partial charge in [-0.05, 0) is 0 Å². The van der Waals surface area contributed by atoms with E-state index in [9.17, 15) is 14.9 Å². The minimum Gasteiger partial charge on any atom is -0.308 e. The van der Waals surface area contributed by atoms with Crippen molar-refractivity contribution in [3.05, 3.63) is 38.8 Å². The fourth-order valence-corrected chi connectivity index (χ4v) is 1.27. The molecule has 0 spiro atoms. The van der Waals surface area contributed by atoms with Crippen LogP contribution in [0.25, 0.3) is 0 Å². The number of nitro groups is 1. The van der Waals surface area contributed by atoms with Gasteiger partial charge in [-0.1, -0.05) is 15.9 Å². The minimum absolute atomic E-state index is 0.0689. The number of rotatable bonds is 3. The van der Waals surface area contributed by atoms with E-state index in [0.29, 0.717) is 11.9 Å². The Labute approximate surface area is 82.3 Å². The third kappa shape index (κ3) is 2.38. The first-order valence-corrected chi connectivity index (χ1v) is 4.68. The van der Waals surface area contributed by atoms with Gasteiger partial charge in [0.05, 0.1) is 11.1 Å². The Balaban J connectivity index is 3.11. The van der Waals surface area contributed by atoms with E-state index in [1.807, 2.05) is 0 Å². The van der Waals surface area contributed by atoms with Crippen LogP contribution >= 0.6 is 15.9 Å². The average Bonchev–Trinajstić information content (AvgIpc) is 2.08. The Hall–Kier alpha value is -1.17. The number of nitrogens with zero attached hydrogens (tertiary/aromatic N) is 2. The van der Waals surface area contributed by atoms with Crippen molar-refractivity contribution >= 4 is 21.6 Å². The van der Waals surface area contributed by atoms with Crippen LogP contribution in [0.4, 0.5) is 5.69 Å². The van der Waals surface area contributed by atoms with Gasteiger partial charge in [-0.25, -0.2) is 0 Å². The normalized spacial score (nSPS) is 9.92. The van der Waals surface area contributed by atoms with Crippen molar-refractivity contribution in [1.29, 1.82) is 0 Å². The van der Waals surface area contributed by atoms with Crippen LogP contribution in [0.15, 0.2) is 23.1 Å². The van der Waals surface area contributed by atoms with Crippen LogP contribution in [-0.4, -0.2) is 14.8 Å². The van der Waals surface area contributed by atoms with Gasteiger partial charge in [0.1, 0.15) is 0 Å². The molecular weight excluding hydrogens is 240 g/mol. The van der Waals surface area contributed by atoms with Crippen LogP contribution in [0.2, 0.25) is 0 Å². The molecule has 1 aromatic heterocycles. The highest BCUT2D eigenvalue weighted by Gasteiger charge is 2.06. The molecule has 0 aromatic carbocycles. The maximum Gasteiger partial charge on any atom is 0.285 e. The molecule has 0 amide bonds. The highest BCUT2D eigenvalue weighted by Crippen LogP contribution is 2.06. The molecule has 1 heterocycles. The van der Waals surface area contributed by atoms with Crippen LogP contribution in [0, 0.1) is 10.1 Å². The number of aryl methyl sites for hydroxylation is 1. The SMILES string of the molecule is O=c1ccc([N+](=O)[O-])cn1CCBr. The summed E-state index contributed by atoms with van der Waals surface area (Å²) in [6.45, 7) is 0.431. The maximum absolute atomic E-state index is 11.1. The molecule has 6 heteroatoms. The van der Waals surface area contributed by atoms with Gasteiger partial charge in [-0.2, -0.15) is 0 Å². The van der Waals surface area contributed by atoms with Crippen molar-refractivity contribution in [3.63, 3.8) is 0 Å². The number of hydrogen-bond acceptors (Lipinski definition) is 3. The summed E-state index contributed by atoms with van der Waals surface area (Å²) in [5.74, 6) is 0. The third-order valence-electron chi connectivity index (χ3n) is 1.50. The topological polar surface area (TPSA) is 65.1 Å². The summed E-state index contributed by atoms with van der Waals surface area (Å²) in [5, 5.41) is 10.9. The highest BCUT2D eigenvalue weighted by atomic mass is 79.9. The van der Waals surface area contributed by atoms with E-state index in [1.54, 1.807) is 0 Å². The number of aromatic nitrogens is 1. The first-order chi connectivity index (χ1) is 6.15. The zero-order chi connectivity index (χ0) is 9.84. The predicted molar refractivity (Wildman–Crippen MR) is 51.2 cm³/mol. The molecule has 0 aliphatic heterocycles. The molecule has 0 fully saturated rings. The largest absolute Gasteiger partial charge is 0.308 e. The molecule has 1 rings (SSSR count). The summed E-state index contributed by atoms with van der Waals surface area (Å²) in [4.78, 5) is 20.9. The first-order valence-electron chi connectivity index (χ1n) is 3.56. The lowest BCUT2D eigenvalue weighted by Crippen LogP contribution is -2.19. The molecule has 0 aliphatic carbocycles. The van der Waals surface area contributed by atoms with Gasteiger partial charge < -0.3 is 4.57 Å². The summed E-state index contributed by atoms with van der Waals surface area (Å²) in [7, 11) is 0. The zero-order valence-electron chi connectivity index (χ0n) is 6.64. The molecule has 0 N–H and O–H groups in total. The van der Waals surface area contributed by atoms with Gasteiger partial charge in [0.25, 0.3) is 11.2 Å². The van der Waals surface area contributed by atoms with Gasteiger partial charge in [-0.15, -0.1) is 0 Å². The zero-order valence-corrected chi connectivity index (χ0v) is 8.23. The van der Waals surface area contributed by atoms with Crippen LogP contribution in [0.1, 0.15) is 0 Å². The van der Waals surface area contributed by atoms with Crippen molar-refractivity contribution in [3.8, 4) is 0 Å². The summed E-state index contributed by atoms with van der Waals surface area (Å²) >= 11 is 3.15. The first kappa shape index (κ1) is 9.91.